The molecule has 0 saturated heterocycles. The number of hydrogen-bond acceptors (Lipinski definition) is 4. The van der Waals surface area contributed by atoms with E-state index < -0.39 is 10.0 Å². The number of ether oxygens (including phenoxy) is 1. The first kappa shape index (κ1) is 14.5. The summed E-state index contributed by atoms with van der Waals surface area (Å²) in [5, 5.41) is 0.0597. The molecule has 0 amide bonds. The normalized spacial score (nSPS) is 13.1. The van der Waals surface area contributed by atoms with Crippen molar-refractivity contribution in [3.63, 3.8) is 0 Å². The first-order valence-electron chi connectivity index (χ1n) is 6.21. The highest BCUT2D eigenvalue weighted by atomic mass is 32.2. The van der Waals surface area contributed by atoms with E-state index in [1.807, 2.05) is 31.2 Å². The third-order valence-corrected chi connectivity index (χ3v) is 4.38. The number of methoxy groups -OCH3 is 1. The molecule has 0 radical (unpaired) electrons. The van der Waals surface area contributed by atoms with Crippen molar-refractivity contribution < 1.29 is 13.2 Å². The van der Waals surface area contributed by atoms with Crippen LogP contribution in [0.5, 0.6) is 5.75 Å². The van der Waals surface area contributed by atoms with Gasteiger partial charge < -0.3 is 9.72 Å². The number of rotatable bonds is 6. The number of aromatic nitrogens is 2. The lowest BCUT2D eigenvalue weighted by atomic mass is 10.1. The third-order valence-electron chi connectivity index (χ3n) is 2.99. The smallest absolute Gasteiger partial charge is 0.258 e. The predicted molar refractivity (Wildman–Crippen MR) is 74.9 cm³/mol. The molecule has 0 saturated carbocycles. The number of nitrogens with zero attached hydrogens (tertiary/aromatic N) is 1. The number of H-pyrrole nitrogens is 1. The molecule has 20 heavy (non-hydrogen) atoms. The van der Waals surface area contributed by atoms with E-state index in [1.54, 1.807) is 7.11 Å². The fourth-order valence-corrected chi connectivity index (χ4v) is 3.08. The van der Waals surface area contributed by atoms with Crippen LogP contribution in [-0.4, -0.2) is 25.5 Å². The summed E-state index contributed by atoms with van der Waals surface area (Å²) in [6.07, 6.45) is 3.26. The molecule has 1 heterocycles. The standard InChI is InChI=1S/C13H17N3O3S/c1-3-12(10-4-6-11(19-2)7-5-10)16-20(17,18)13-8-14-9-15-13/h4-9,12,16H,3H2,1-2H3,(H,14,15). The van der Waals surface area contributed by atoms with E-state index in [0.717, 1.165) is 11.3 Å². The Morgan fingerprint density at radius 2 is 2.05 bits per heavy atom. The summed E-state index contributed by atoms with van der Waals surface area (Å²) < 4.78 is 32.1. The average Bonchev–Trinajstić information content (AvgIpc) is 3.00. The molecule has 0 aliphatic rings. The van der Waals surface area contributed by atoms with Crippen LogP contribution in [0.4, 0.5) is 0 Å². The third kappa shape index (κ3) is 3.17. The van der Waals surface area contributed by atoms with Crippen molar-refractivity contribution in [2.45, 2.75) is 24.4 Å². The van der Waals surface area contributed by atoms with Crippen LogP contribution in [0.15, 0.2) is 41.8 Å². The van der Waals surface area contributed by atoms with Gasteiger partial charge in [0, 0.05) is 6.04 Å². The van der Waals surface area contributed by atoms with Gasteiger partial charge in [0.15, 0.2) is 5.03 Å². The number of sulfonamides is 1. The summed E-state index contributed by atoms with van der Waals surface area (Å²) in [4.78, 5) is 6.32. The Morgan fingerprint density at radius 1 is 1.35 bits per heavy atom. The minimum Gasteiger partial charge on any atom is -0.497 e. The van der Waals surface area contributed by atoms with Crippen molar-refractivity contribution in [2.75, 3.05) is 7.11 Å². The van der Waals surface area contributed by atoms with Gasteiger partial charge in [0.05, 0.1) is 19.6 Å². The second-order valence-corrected chi connectivity index (χ2v) is 5.95. The van der Waals surface area contributed by atoms with Gasteiger partial charge in [-0.15, -0.1) is 0 Å². The van der Waals surface area contributed by atoms with Gasteiger partial charge in [-0.3, -0.25) is 0 Å². The molecular formula is C13H17N3O3S. The Balaban J connectivity index is 2.20. The lowest BCUT2D eigenvalue weighted by Crippen LogP contribution is -2.28. The molecule has 1 atom stereocenters. The molecule has 2 N–H and O–H groups in total. The second kappa shape index (κ2) is 6.06. The van der Waals surface area contributed by atoms with Crippen molar-refractivity contribution in [1.29, 1.82) is 0 Å². The van der Waals surface area contributed by atoms with E-state index in [0.29, 0.717) is 6.42 Å². The van der Waals surface area contributed by atoms with Crippen molar-refractivity contribution in [1.82, 2.24) is 14.7 Å². The van der Waals surface area contributed by atoms with Crippen molar-refractivity contribution >= 4 is 10.0 Å². The maximum atomic E-state index is 12.2. The van der Waals surface area contributed by atoms with Crippen LogP contribution in [0.2, 0.25) is 0 Å². The van der Waals surface area contributed by atoms with E-state index >= 15 is 0 Å². The Bertz CT molecular complexity index is 636. The van der Waals surface area contributed by atoms with Crippen LogP contribution < -0.4 is 9.46 Å². The van der Waals surface area contributed by atoms with Gasteiger partial charge >= 0.3 is 0 Å². The van der Waals surface area contributed by atoms with E-state index in [9.17, 15) is 8.42 Å². The summed E-state index contributed by atoms with van der Waals surface area (Å²) in [5.41, 5.74) is 0.886. The Labute approximate surface area is 118 Å². The Hall–Kier alpha value is -1.86. The minimum absolute atomic E-state index is 0.0597. The van der Waals surface area contributed by atoms with Crippen LogP contribution in [0.3, 0.4) is 0 Å². The lowest BCUT2D eigenvalue weighted by molar-refractivity contribution is 0.414. The zero-order chi connectivity index (χ0) is 14.6. The molecule has 2 aromatic rings. The monoisotopic (exact) mass is 295 g/mol. The number of benzene rings is 1. The van der Waals surface area contributed by atoms with Crippen LogP contribution in [0, 0.1) is 0 Å². The molecule has 1 aromatic carbocycles. The van der Waals surface area contributed by atoms with Gasteiger partial charge in [-0.25, -0.2) is 18.1 Å². The summed E-state index contributed by atoms with van der Waals surface area (Å²) >= 11 is 0. The molecule has 2 rings (SSSR count). The quantitative estimate of drug-likeness (QED) is 0.851. The van der Waals surface area contributed by atoms with Crippen molar-refractivity contribution in [2.24, 2.45) is 0 Å². The van der Waals surface area contributed by atoms with Gasteiger partial charge in [-0.05, 0) is 24.1 Å². The largest absolute Gasteiger partial charge is 0.497 e. The van der Waals surface area contributed by atoms with Gasteiger partial charge in [0.2, 0.25) is 0 Å². The predicted octanol–water partition coefficient (Wildman–Crippen LogP) is 1.85. The first-order chi connectivity index (χ1) is 9.56. The molecule has 108 valence electrons. The summed E-state index contributed by atoms with van der Waals surface area (Å²) in [7, 11) is -2.00. The second-order valence-electron chi connectivity index (χ2n) is 4.27. The number of aromatic amines is 1. The Morgan fingerprint density at radius 3 is 2.55 bits per heavy atom. The molecule has 0 spiro atoms. The van der Waals surface area contributed by atoms with E-state index in [-0.39, 0.29) is 11.1 Å². The van der Waals surface area contributed by atoms with Crippen LogP contribution in [0.25, 0.3) is 0 Å². The molecule has 6 nitrogen and oxygen atoms in total. The molecule has 0 fully saturated rings. The zero-order valence-corrected chi connectivity index (χ0v) is 12.1. The molecule has 0 bridgehead atoms. The minimum atomic E-state index is -3.59. The van der Waals surface area contributed by atoms with Crippen molar-refractivity contribution in [3.8, 4) is 5.75 Å². The van der Waals surface area contributed by atoms with E-state index in [1.165, 1.54) is 12.5 Å². The summed E-state index contributed by atoms with van der Waals surface area (Å²) in [6, 6.07) is 7.02. The fraction of sp³-hybridized carbons (Fsp3) is 0.308. The van der Waals surface area contributed by atoms with Crippen LogP contribution >= 0.6 is 0 Å². The van der Waals surface area contributed by atoms with E-state index in [4.69, 9.17) is 4.74 Å². The SMILES string of the molecule is CCC(NS(=O)(=O)c1cnc[nH]1)c1ccc(OC)cc1. The molecular weight excluding hydrogens is 278 g/mol. The van der Waals surface area contributed by atoms with Gasteiger partial charge in [-0.2, -0.15) is 0 Å². The fourth-order valence-electron chi connectivity index (χ4n) is 1.86. The molecule has 1 aromatic heterocycles. The number of nitrogens with one attached hydrogen (secondary N) is 2. The van der Waals surface area contributed by atoms with Gasteiger partial charge in [0.25, 0.3) is 10.0 Å². The number of hydrogen-bond donors (Lipinski definition) is 2. The van der Waals surface area contributed by atoms with Crippen LogP contribution in [-0.2, 0) is 10.0 Å². The lowest BCUT2D eigenvalue weighted by Gasteiger charge is -2.17. The first-order valence-corrected chi connectivity index (χ1v) is 7.69. The topological polar surface area (TPSA) is 84.1 Å². The van der Waals surface area contributed by atoms with Crippen LogP contribution in [0.1, 0.15) is 24.9 Å². The maximum absolute atomic E-state index is 12.2. The van der Waals surface area contributed by atoms with Gasteiger partial charge in [0.1, 0.15) is 5.75 Å². The van der Waals surface area contributed by atoms with Gasteiger partial charge in [-0.1, -0.05) is 19.1 Å². The summed E-state index contributed by atoms with van der Waals surface area (Å²) in [6.45, 7) is 1.92. The maximum Gasteiger partial charge on any atom is 0.258 e. The highest BCUT2D eigenvalue weighted by Crippen LogP contribution is 2.21. The van der Waals surface area contributed by atoms with Crippen molar-refractivity contribution in [3.05, 3.63) is 42.4 Å². The highest BCUT2D eigenvalue weighted by molar-refractivity contribution is 7.89. The number of imidazole rings is 1. The zero-order valence-electron chi connectivity index (χ0n) is 11.3. The summed E-state index contributed by atoms with van der Waals surface area (Å²) in [5.74, 6) is 0.736. The molecule has 0 aliphatic carbocycles. The Kier molecular flexibility index (Phi) is 4.41. The average molecular weight is 295 g/mol. The molecule has 0 aliphatic heterocycles. The van der Waals surface area contributed by atoms with E-state index in [2.05, 4.69) is 14.7 Å². The molecule has 7 heteroatoms. The highest BCUT2D eigenvalue weighted by Gasteiger charge is 2.21. The molecule has 1 unspecified atom stereocenters.